The summed E-state index contributed by atoms with van der Waals surface area (Å²) in [5.41, 5.74) is -1.43. The van der Waals surface area contributed by atoms with Gasteiger partial charge >= 0.3 is 0 Å². The minimum absolute atomic E-state index is 0.0561. The number of nitrogens with zero attached hydrogens (tertiary/aromatic N) is 1. The zero-order chi connectivity index (χ0) is 11.6. The molecule has 1 saturated carbocycles. The van der Waals surface area contributed by atoms with Crippen molar-refractivity contribution in [2.45, 2.75) is 37.7 Å². The van der Waals surface area contributed by atoms with E-state index in [0.29, 0.717) is 12.8 Å². The van der Waals surface area contributed by atoms with Crippen LogP contribution in [0, 0.1) is 5.82 Å². The highest BCUT2D eigenvalue weighted by Crippen LogP contribution is 2.31. The zero-order valence-corrected chi connectivity index (χ0v) is 8.95. The Morgan fingerprint density at radius 1 is 1.38 bits per heavy atom. The maximum Gasteiger partial charge on any atom is 0.197 e. The molecule has 16 heavy (non-hydrogen) atoms. The molecule has 0 atom stereocenters. The summed E-state index contributed by atoms with van der Waals surface area (Å²) in [7, 11) is 0. The van der Waals surface area contributed by atoms with Crippen LogP contribution in [0.5, 0.6) is 0 Å². The van der Waals surface area contributed by atoms with Gasteiger partial charge in [-0.05, 0) is 18.9 Å². The Kier molecular flexibility index (Phi) is 3.01. The second-order valence-corrected chi connectivity index (χ2v) is 4.28. The number of aliphatic hydroxyl groups is 1. The van der Waals surface area contributed by atoms with Crippen molar-refractivity contribution in [3.05, 3.63) is 29.8 Å². The summed E-state index contributed by atoms with van der Waals surface area (Å²) < 4.78 is 13.4. The van der Waals surface area contributed by atoms with Crippen molar-refractivity contribution in [2.75, 3.05) is 0 Å². The van der Waals surface area contributed by atoms with Crippen LogP contribution in [0.4, 0.5) is 4.39 Å². The van der Waals surface area contributed by atoms with E-state index < -0.39 is 17.2 Å². The smallest absolute Gasteiger partial charge is 0.197 e. The van der Waals surface area contributed by atoms with Crippen molar-refractivity contribution in [1.82, 2.24) is 4.98 Å². The number of aromatic nitrogens is 1. The standard InChI is InChI=1S/C12H14FNO2/c13-10-8-14-7-4-9(10)11(15)12(16)5-2-1-3-6-12/h4,7-8,16H,1-3,5-6H2. The minimum Gasteiger partial charge on any atom is -0.382 e. The van der Waals surface area contributed by atoms with Gasteiger partial charge in [-0.1, -0.05) is 19.3 Å². The van der Waals surface area contributed by atoms with Gasteiger partial charge in [0.15, 0.2) is 11.6 Å². The van der Waals surface area contributed by atoms with Crippen LogP contribution in [0.3, 0.4) is 0 Å². The lowest BCUT2D eigenvalue weighted by Crippen LogP contribution is -2.40. The van der Waals surface area contributed by atoms with E-state index >= 15 is 0 Å². The van der Waals surface area contributed by atoms with E-state index in [9.17, 15) is 14.3 Å². The average Bonchev–Trinajstić information content (AvgIpc) is 2.30. The predicted molar refractivity (Wildman–Crippen MR) is 56.6 cm³/mol. The van der Waals surface area contributed by atoms with Gasteiger partial charge in [-0.15, -0.1) is 0 Å². The third-order valence-electron chi connectivity index (χ3n) is 3.12. The zero-order valence-electron chi connectivity index (χ0n) is 8.95. The van der Waals surface area contributed by atoms with E-state index in [-0.39, 0.29) is 5.56 Å². The number of rotatable bonds is 2. The summed E-state index contributed by atoms with van der Waals surface area (Å²) >= 11 is 0. The molecule has 2 rings (SSSR count). The first kappa shape index (κ1) is 11.2. The van der Waals surface area contributed by atoms with Crippen LogP contribution >= 0.6 is 0 Å². The average molecular weight is 223 g/mol. The number of carbonyl (C=O) groups is 1. The first-order chi connectivity index (χ1) is 7.63. The van der Waals surface area contributed by atoms with E-state index in [2.05, 4.69) is 4.98 Å². The molecule has 1 N–H and O–H groups in total. The largest absolute Gasteiger partial charge is 0.382 e. The molecule has 0 amide bonds. The molecule has 1 aliphatic carbocycles. The van der Waals surface area contributed by atoms with Gasteiger partial charge in [0.05, 0.1) is 11.8 Å². The molecule has 0 aliphatic heterocycles. The summed E-state index contributed by atoms with van der Waals surface area (Å²) in [6.45, 7) is 0. The van der Waals surface area contributed by atoms with E-state index in [1.165, 1.54) is 12.3 Å². The summed E-state index contributed by atoms with van der Waals surface area (Å²) in [6.07, 6.45) is 5.86. The summed E-state index contributed by atoms with van der Waals surface area (Å²) in [6, 6.07) is 1.32. The van der Waals surface area contributed by atoms with Gasteiger partial charge in [0.2, 0.25) is 0 Å². The van der Waals surface area contributed by atoms with Gasteiger partial charge in [0.1, 0.15) is 5.60 Å². The highest BCUT2D eigenvalue weighted by molar-refractivity contribution is 6.02. The summed E-state index contributed by atoms with van der Waals surface area (Å²) in [5, 5.41) is 10.2. The monoisotopic (exact) mass is 223 g/mol. The lowest BCUT2D eigenvalue weighted by molar-refractivity contribution is 0.0112. The second-order valence-electron chi connectivity index (χ2n) is 4.28. The molecule has 0 unspecified atom stereocenters. The maximum atomic E-state index is 13.4. The quantitative estimate of drug-likeness (QED) is 0.781. The molecule has 0 radical (unpaired) electrons. The summed E-state index contributed by atoms with van der Waals surface area (Å²) in [5.74, 6) is -1.17. The van der Waals surface area contributed by atoms with E-state index in [4.69, 9.17) is 0 Å². The first-order valence-electron chi connectivity index (χ1n) is 5.50. The van der Waals surface area contributed by atoms with Gasteiger partial charge in [0.25, 0.3) is 0 Å². The van der Waals surface area contributed by atoms with Crippen LogP contribution in [0.25, 0.3) is 0 Å². The highest BCUT2D eigenvalue weighted by Gasteiger charge is 2.38. The third kappa shape index (κ3) is 1.97. The van der Waals surface area contributed by atoms with E-state index in [1.54, 1.807) is 0 Å². The molecular weight excluding hydrogens is 209 g/mol. The van der Waals surface area contributed by atoms with Crippen LogP contribution in [-0.2, 0) is 0 Å². The molecule has 0 saturated heterocycles. The van der Waals surface area contributed by atoms with Crippen molar-refractivity contribution in [1.29, 1.82) is 0 Å². The Bertz CT molecular complexity index is 400. The number of Topliss-reactive ketones (excluding diaryl/α,β-unsaturated/α-hetero) is 1. The molecule has 0 bridgehead atoms. The van der Waals surface area contributed by atoms with Crippen molar-refractivity contribution in [2.24, 2.45) is 0 Å². The normalized spacial score (nSPS) is 19.4. The predicted octanol–water partition coefficient (Wildman–Crippen LogP) is 2.10. The van der Waals surface area contributed by atoms with Crippen LogP contribution < -0.4 is 0 Å². The Balaban J connectivity index is 2.28. The van der Waals surface area contributed by atoms with Crippen LogP contribution in [0.1, 0.15) is 42.5 Å². The van der Waals surface area contributed by atoms with Gasteiger partial charge in [-0.2, -0.15) is 0 Å². The number of hydrogen-bond donors (Lipinski definition) is 1. The lowest BCUT2D eigenvalue weighted by Gasteiger charge is -2.30. The molecule has 0 aromatic carbocycles. The van der Waals surface area contributed by atoms with Crippen LogP contribution in [0.2, 0.25) is 0 Å². The Hall–Kier alpha value is -1.29. The van der Waals surface area contributed by atoms with Crippen molar-refractivity contribution < 1.29 is 14.3 Å². The summed E-state index contributed by atoms with van der Waals surface area (Å²) in [4.78, 5) is 15.6. The molecule has 4 heteroatoms. The Morgan fingerprint density at radius 2 is 2.06 bits per heavy atom. The van der Waals surface area contributed by atoms with Crippen molar-refractivity contribution in [3.63, 3.8) is 0 Å². The van der Waals surface area contributed by atoms with E-state index in [1.807, 2.05) is 0 Å². The molecular formula is C12H14FNO2. The lowest BCUT2D eigenvalue weighted by atomic mass is 9.79. The van der Waals surface area contributed by atoms with Gasteiger partial charge in [-0.3, -0.25) is 9.78 Å². The minimum atomic E-state index is -1.37. The number of pyridine rings is 1. The van der Waals surface area contributed by atoms with Gasteiger partial charge < -0.3 is 5.11 Å². The molecule has 1 fully saturated rings. The number of hydrogen-bond acceptors (Lipinski definition) is 3. The fraction of sp³-hybridized carbons (Fsp3) is 0.500. The van der Waals surface area contributed by atoms with Gasteiger partial charge in [-0.25, -0.2) is 4.39 Å². The van der Waals surface area contributed by atoms with Crippen LogP contribution in [-0.4, -0.2) is 21.5 Å². The topological polar surface area (TPSA) is 50.2 Å². The molecule has 1 heterocycles. The SMILES string of the molecule is O=C(c1ccncc1F)C1(O)CCCCC1. The highest BCUT2D eigenvalue weighted by atomic mass is 19.1. The molecule has 86 valence electrons. The molecule has 1 aromatic heterocycles. The number of ketones is 1. The number of halogens is 1. The molecule has 1 aliphatic rings. The third-order valence-corrected chi connectivity index (χ3v) is 3.12. The molecule has 1 aromatic rings. The van der Waals surface area contributed by atoms with Gasteiger partial charge in [0, 0.05) is 6.20 Å². The van der Waals surface area contributed by atoms with E-state index in [0.717, 1.165) is 25.5 Å². The second kappa shape index (κ2) is 4.29. The Morgan fingerprint density at radius 3 is 2.69 bits per heavy atom. The maximum absolute atomic E-state index is 13.4. The molecule has 3 nitrogen and oxygen atoms in total. The first-order valence-corrected chi connectivity index (χ1v) is 5.50. The molecule has 0 spiro atoms. The van der Waals surface area contributed by atoms with Crippen molar-refractivity contribution >= 4 is 5.78 Å². The number of carbonyl (C=O) groups excluding carboxylic acids is 1. The van der Waals surface area contributed by atoms with Crippen molar-refractivity contribution in [3.8, 4) is 0 Å². The fourth-order valence-corrected chi connectivity index (χ4v) is 2.17. The van der Waals surface area contributed by atoms with Crippen LogP contribution in [0.15, 0.2) is 18.5 Å². The Labute approximate surface area is 93.3 Å². The fourth-order valence-electron chi connectivity index (χ4n) is 2.17.